The molecule has 0 aliphatic carbocycles. The Balaban J connectivity index is 1.93. The third-order valence-corrected chi connectivity index (χ3v) is 4.79. The van der Waals surface area contributed by atoms with E-state index in [0.717, 1.165) is 22.5 Å². The van der Waals surface area contributed by atoms with E-state index in [-0.39, 0.29) is 0 Å². The van der Waals surface area contributed by atoms with Gasteiger partial charge in [0.05, 0.1) is 11.4 Å². The molecule has 0 unspecified atom stereocenters. The largest absolute Gasteiger partial charge is 0.256 e. The summed E-state index contributed by atoms with van der Waals surface area (Å²) in [6, 6.07) is 29.3. The minimum Gasteiger partial charge on any atom is -0.256 e. The van der Waals surface area contributed by atoms with Crippen LogP contribution in [0.5, 0.6) is 0 Å². The molecular formula is C24H16N2. The minimum atomic E-state index is 0.961. The predicted octanol–water partition coefficient (Wildman–Crippen LogP) is 6.12. The van der Waals surface area contributed by atoms with Crippen molar-refractivity contribution in [3.8, 4) is 22.5 Å². The molecule has 2 heterocycles. The molecule has 0 N–H and O–H groups in total. The second-order valence-electron chi connectivity index (χ2n) is 6.30. The summed E-state index contributed by atoms with van der Waals surface area (Å²) in [4.78, 5) is 9.21. The molecule has 2 heteroatoms. The number of hydrogen-bond acceptors (Lipinski definition) is 2. The number of pyridine rings is 2. The lowest BCUT2D eigenvalue weighted by atomic mass is 9.91. The van der Waals surface area contributed by atoms with E-state index in [1.165, 1.54) is 21.5 Å². The van der Waals surface area contributed by atoms with Crippen molar-refractivity contribution < 1.29 is 0 Å². The Morgan fingerprint density at radius 3 is 1.92 bits per heavy atom. The lowest BCUT2D eigenvalue weighted by molar-refractivity contribution is 1.31. The highest BCUT2D eigenvalue weighted by molar-refractivity contribution is 6.14. The van der Waals surface area contributed by atoms with Crippen LogP contribution in [-0.2, 0) is 0 Å². The van der Waals surface area contributed by atoms with E-state index in [2.05, 4.69) is 70.6 Å². The molecule has 0 radical (unpaired) electrons. The lowest BCUT2D eigenvalue weighted by Crippen LogP contribution is -1.92. The Morgan fingerprint density at radius 1 is 0.462 bits per heavy atom. The monoisotopic (exact) mass is 332 g/mol. The summed E-state index contributed by atoms with van der Waals surface area (Å²) >= 11 is 0. The van der Waals surface area contributed by atoms with Crippen LogP contribution in [0, 0.1) is 0 Å². The van der Waals surface area contributed by atoms with Gasteiger partial charge in [0.25, 0.3) is 0 Å². The topological polar surface area (TPSA) is 25.8 Å². The van der Waals surface area contributed by atoms with E-state index < -0.39 is 0 Å². The molecule has 26 heavy (non-hydrogen) atoms. The van der Waals surface area contributed by atoms with Gasteiger partial charge in [-0.3, -0.25) is 9.97 Å². The molecule has 0 aliphatic rings. The molecule has 0 aliphatic heterocycles. The molecule has 0 bridgehead atoms. The minimum absolute atomic E-state index is 0.961. The molecule has 5 rings (SSSR count). The average molecular weight is 332 g/mol. The van der Waals surface area contributed by atoms with Crippen LogP contribution >= 0.6 is 0 Å². The van der Waals surface area contributed by atoms with Crippen molar-refractivity contribution in [2.75, 3.05) is 0 Å². The van der Waals surface area contributed by atoms with E-state index in [1.54, 1.807) is 0 Å². The predicted molar refractivity (Wildman–Crippen MR) is 108 cm³/mol. The van der Waals surface area contributed by atoms with Crippen molar-refractivity contribution in [1.82, 2.24) is 9.97 Å². The summed E-state index contributed by atoms with van der Waals surface area (Å²) < 4.78 is 0. The van der Waals surface area contributed by atoms with Crippen molar-refractivity contribution in [3.05, 3.63) is 97.3 Å². The Kier molecular flexibility index (Phi) is 3.46. The van der Waals surface area contributed by atoms with Gasteiger partial charge in [-0.2, -0.15) is 0 Å². The summed E-state index contributed by atoms with van der Waals surface area (Å²) in [7, 11) is 0. The van der Waals surface area contributed by atoms with E-state index in [9.17, 15) is 0 Å². The molecule has 0 saturated heterocycles. The van der Waals surface area contributed by atoms with Crippen molar-refractivity contribution in [1.29, 1.82) is 0 Å². The van der Waals surface area contributed by atoms with Gasteiger partial charge in [-0.1, -0.05) is 60.7 Å². The first-order chi connectivity index (χ1) is 12.9. The summed E-state index contributed by atoms with van der Waals surface area (Å²) in [5.74, 6) is 0. The maximum atomic E-state index is 4.64. The summed E-state index contributed by atoms with van der Waals surface area (Å²) in [5, 5.41) is 4.95. The Bertz CT molecular complexity index is 1210. The van der Waals surface area contributed by atoms with Gasteiger partial charge in [0, 0.05) is 23.5 Å². The molecule has 122 valence electrons. The van der Waals surface area contributed by atoms with Gasteiger partial charge in [0.1, 0.15) is 0 Å². The standard InChI is InChI=1S/C24H16N2/c1-2-8-18-17(7-1)11-12-20-19(18)13-14-21(22-9-3-5-15-25-22)24(20)23-10-4-6-16-26-23/h1-16H. The zero-order valence-corrected chi connectivity index (χ0v) is 14.1. The summed E-state index contributed by atoms with van der Waals surface area (Å²) in [5.41, 5.74) is 4.16. The van der Waals surface area contributed by atoms with E-state index in [0.29, 0.717) is 0 Å². The number of fused-ring (bicyclic) bond motifs is 3. The Hall–Kier alpha value is -3.52. The van der Waals surface area contributed by atoms with Crippen LogP contribution in [0.2, 0.25) is 0 Å². The molecule has 2 nitrogen and oxygen atoms in total. The number of aromatic nitrogens is 2. The molecule has 5 aromatic rings. The molecule has 0 amide bonds. The van der Waals surface area contributed by atoms with Crippen molar-refractivity contribution >= 4 is 21.5 Å². The fraction of sp³-hybridized carbons (Fsp3) is 0. The molecular weight excluding hydrogens is 316 g/mol. The van der Waals surface area contributed by atoms with E-state index in [4.69, 9.17) is 0 Å². The maximum absolute atomic E-state index is 4.64. The molecule has 0 fully saturated rings. The zero-order chi connectivity index (χ0) is 17.3. The third kappa shape index (κ3) is 2.35. The summed E-state index contributed by atoms with van der Waals surface area (Å²) in [6.45, 7) is 0. The van der Waals surface area contributed by atoms with Crippen LogP contribution in [0.3, 0.4) is 0 Å². The smallest absolute Gasteiger partial charge is 0.0715 e. The van der Waals surface area contributed by atoms with Gasteiger partial charge in [-0.25, -0.2) is 0 Å². The molecule has 0 saturated carbocycles. The van der Waals surface area contributed by atoms with Crippen LogP contribution in [0.4, 0.5) is 0 Å². The molecule has 0 atom stereocenters. The van der Waals surface area contributed by atoms with Gasteiger partial charge in [0.2, 0.25) is 0 Å². The number of hydrogen-bond donors (Lipinski definition) is 0. The fourth-order valence-electron chi connectivity index (χ4n) is 3.61. The quantitative estimate of drug-likeness (QED) is 0.364. The number of nitrogens with zero attached hydrogens (tertiary/aromatic N) is 2. The molecule has 0 spiro atoms. The van der Waals surface area contributed by atoms with Crippen LogP contribution in [0.25, 0.3) is 44.1 Å². The summed E-state index contributed by atoms with van der Waals surface area (Å²) in [6.07, 6.45) is 3.68. The van der Waals surface area contributed by atoms with Crippen LogP contribution < -0.4 is 0 Å². The third-order valence-electron chi connectivity index (χ3n) is 4.79. The van der Waals surface area contributed by atoms with Gasteiger partial charge >= 0.3 is 0 Å². The lowest BCUT2D eigenvalue weighted by Gasteiger charge is -2.14. The zero-order valence-electron chi connectivity index (χ0n) is 14.1. The van der Waals surface area contributed by atoms with E-state index in [1.807, 2.05) is 36.7 Å². The van der Waals surface area contributed by atoms with Crippen LogP contribution in [-0.4, -0.2) is 9.97 Å². The molecule has 3 aromatic carbocycles. The highest BCUT2D eigenvalue weighted by atomic mass is 14.7. The van der Waals surface area contributed by atoms with Gasteiger partial charge in [-0.05, 0) is 45.8 Å². The van der Waals surface area contributed by atoms with Gasteiger partial charge in [-0.15, -0.1) is 0 Å². The second-order valence-corrected chi connectivity index (χ2v) is 6.30. The normalized spacial score (nSPS) is 11.1. The number of rotatable bonds is 2. The van der Waals surface area contributed by atoms with Gasteiger partial charge in [0.15, 0.2) is 0 Å². The Labute approximate surface area is 151 Å². The first-order valence-electron chi connectivity index (χ1n) is 8.69. The van der Waals surface area contributed by atoms with E-state index >= 15 is 0 Å². The second kappa shape index (κ2) is 6.08. The fourth-order valence-corrected chi connectivity index (χ4v) is 3.61. The Morgan fingerprint density at radius 2 is 1.15 bits per heavy atom. The van der Waals surface area contributed by atoms with Gasteiger partial charge < -0.3 is 0 Å². The molecule has 2 aromatic heterocycles. The van der Waals surface area contributed by atoms with Crippen LogP contribution in [0.1, 0.15) is 0 Å². The first kappa shape index (κ1) is 14.8. The van der Waals surface area contributed by atoms with Crippen molar-refractivity contribution in [2.45, 2.75) is 0 Å². The highest BCUT2D eigenvalue weighted by Crippen LogP contribution is 2.38. The first-order valence-corrected chi connectivity index (χ1v) is 8.69. The van der Waals surface area contributed by atoms with Crippen molar-refractivity contribution in [2.24, 2.45) is 0 Å². The average Bonchev–Trinajstić information content (AvgIpc) is 2.74. The van der Waals surface area contributed by atoms with Crippen molar-refractivity contribution in [3.63, 3.8) is 0 Å². The number of benzene rings is 3. The SMILES string of the molecule is c1ccc(-c2ccc3c(ccc4ccccc43)c2-c2ccccn2)nc1. The maximum Gasteiger partial charge on any atom is 0.0715 e. The highest BCUT2D eigenvalue weighted by Gasteiger charge is 2.14. The van der Waals surface area contributed by atoms with Crippen LogP contribution in [0.15, 0.2) is 97.3 Å².